The molecule has 10 heteroatoms. The molecule has 0 unspecified atom stereocenters. The van der Waals surface area contributed by atoms with Gasteiger partial charge < -0.3 is 4.74 Å². The average molecular weight is 521 g/mol. The van der Waals surface area contributed by atoms with Crippen molar-refractivity contribution < 1.29 is 17.5 Å². The average Bonchev–Trinajstić information content (AvgIpc) is 2.88. The number of sulfonamides is 1. The van der Waals surface area contributed by atoms with E-state index in [-0.39, 0.29) is 16.7 Å². The van der Waals surface area contributed by atoms with Gasteiger partial charge in [-0.2, -0.15) is 0 Å². The number of hydrogen-bond acceptors (Lipinski definition) is 6. The van der Waals surface area contributed by atoms with E-state index in [0.29, 0.717) is 43.9 Å². The van der Waals surface area contributed by atoms with Gasteiger partial charge in [0, 0.05) is 40.1 Å². The number of halogens is 2. The second kappa shape index (κ2) is 9.52. The highest BCUT2D eigenvalue weighted by Gasteiger charge is 2.19. The Kier molecular flexibility index (Phi) is 6.26. The van der Waals surface area contributed by atoms with Gasteiger partial charge in [-0.15, -0.1) is 0 Å². The lowest BCUT2D eigenvalue weighted by atomic mass is 9.98. The fraction of sp³-hybridized carbons (Fsp3) is 0.0385. The summed E-state index contributed by atoms with van der Waals surface area (Å²) in [5.41, 5.74) is 2.39. The third kappa shape index (κ3) is 4.58. The quantitative estimate of drug-likeness (QED) is 0.297. The van der Waals surface area contributed by atoms with E-state index in [0.717, 1.165) is 0 Å². The Hall–Kier alpha value is -4.08. The zero-order chi connectivity index (χ0) is 25.3. The van der Waals surface area contributed by atoms with Gasteiger partial charge in [0.2, 0.25) is 5.95 Å². The number of benzene rings is 3. The molecule has 0 saturated heterocycles. The molecule has 2 aromatic heterocycles. The van der Waals surface area contributed by atoms with Crippen LogP contribution in [0.2, 0.25) is 5.02 Å². The van der Waals surface area contributed by atoms with Gasteiger partial charge in [-0.1, -0.05) is 29.8 Å². The summed E-state index contributed by atoms with van der Waals surface area (Å²) in [6.07, 6.45) is 4.47. The molecular formula is C26H18ClFN4O3S. The van der Waals surface area contributed by atoms with E-state index in [4.69, 9.17) is 16.3 Å². The number of aromatic nitrogens is 3. The first-order valence-corrected chi connectivity index (χ1v) is 12.5. The highest BCUT2D eigenvalue weighted by Crippen LogP contribution is 2.41. The molecule has 5 aromatic rings. The normalized spacial score (nSPS) is 11.4. The predicted molar refractivity (Wildman–Crippen MR) is 137 cm³/mol. The van der Waals surface area contributed by atoms with Crippen LogP contribution in [0.25, 0.3) is 33.2 Å². The Bertz CT molecular complexity index is 1700. The van der Waals surface area contributed by atoms with Crippen LogP contribution in [0.1, 0.15) is 0 Å². The maximum absolute atomic E-state index is 13.8. The number of methoxy groups -OCH3 is 1. The molecule has 0 atom stereocenters. The van der Waals surface area contributed by atoms with Gasteiger partial charge in [-0.3, -0.25) is 4.98 Å². The lowest BCUT2D eigenvalue weighted by molar-refractivity contribution is 0.416. The third-order valence-electron chi connectivity index (χ3n) is 5.52. The van der Waals surface area contributed by atoms with E-state index in [1.54, 1.807) is 54.7 Å². The van der Waals surface area contributed by atoms with Crippen LogP contribution in [0.4, 0.5) is 10.3 Å². The van der Waals surface area contributed by atoms with Crippen LogP contribution in [0.15, 0.2) is 90.2 Å². The monoisotopic (exact) mass is 520 g/mol. The molecule has 5 rings (SSSR count). The van der Waals surface area contributed by atoms with Crippen molar-refractivity contribution in [3.05, 3.63) is 96.2 Å². The molecule has 0 radical (unpaired) electrons. The number of fused-ring (bicyclic) bond motifs is 1. The third-order valence-corrected chi connectivity index (χ3v) is 7.16. The Morgan fingerprint density at radius 1 is 0.889 bits per heavy atom. The minimum Gasteiger partial charge on any atom is -0.496 e. The summed E-state index contributed by atoms with van der Waals surface area (Å²) in [5, 5.41) is 1.73. The first kappa shape index (κ1) is 23.7. The zero-order valence-corrected chi connectivity index (χ0v) is 20.4. The molecule has 1 N–H and O–H groups in total. The van der Waals surface area contributed by atoms with E-state index in [2.05, 4.69) is 19.7 Å². The number of ether oxygens (including phenoxy) is 1. The van der Waals surface area contributed by atoms with Crippen molar-refractivity contribution in [3.63, 3.8) is 0 Å². The van der Waals surface area contributed by atoms with Gasteiger partial charge in [-0.25, -0.2) is 27.5 Å². The number of nitrogens with one attached hydrogen (secondary N) is 1. The molecule has 7 nitrogen and oxygen atoms in total. The van der Waals surface area contributed by atoms with Crippen molar-refractivity contribution in [2.45, 2.75) is 4.90 Å². The van der Waals surface area contributed by atoms with Gasteiger partial charge in [-0.05, 0) is 59.5 Å². The Labute approximate surface area is 211 Å². The number of hydrogen-bond donors (Lipinski definition) is 1. The van der Waals surface area contributed by atoms with Crippen LogP contribution in [0, 0.1) is 5.82 Å². The smallest absolute Gasteiger partial charge is 0.264 e. The molecule has 0 fully saturated rings. The van der Waals surface area contributed by atoms with Gasteiger partial charge in [0.15, 0.2) is 0 Å². The summed E-state index contributed by atoms with van der Waals surface area (Å²) >= 11 is 6.60. The minimum absolute atomic E-state index is 0.0224. The van der Waals surface area contributed by atoms with Crippen LogP contribution in [0.3, 0.4) is 0 Å². The maximum atomic E-state index is 13.8. The highest BCUT2D eigenvalue weighted by molar-refractivity contribution is 7.92. The fourth-order valence-corrected chi connectivity index (χ4v) is 5.12. The van der Waals surface area contributed by atoms with Crippen LogP contribution in [0.5, 0.6) is 5.75 Å². The molecule has 0 saturated carbocycles. The number of pyridine rings is 1. The molecular weight excluding hydrogens is 503 g/mol. The first-order chi connectivity index (χ1) is 17.4. The molecule has 0 aliphatic heterocycles. The van der Waals surface area contributed by atoms with Crippen molar-refractivity contribution in [3.8, 4) is 28.1 Å². The fourth-order valence-electron chi connectivity index (χ4n) is 3.85. The van der Waals surface area contributed by atoms with Crippen molar-refractivity contribution in [2.24, 2.45) is 0 Å². The Morgan fingerprint density at radius 2 is 1.69 bits per heavy atom. The number of rotatable bonds is 6. The summed E-state index contributed by atoms with van der Waals surface area (Å²) in [6, 6.07) is 17.6. The van der Waals surface area contributed by atoms with E-state index < -0.39 is 10.0 Å². The summed E-state index contributed by atoms with van der Waals surface area (Å²) < 4.78 is 47.5. The summed E-state index contributed by atoms with van der Waals surface area (Å²) in [5.74, 6) is 0.0884. The standard InChI is InChI=1S/C26H18ClFN4O3S/c1-35-24-15-21(16-4-2-5-18(28)12-16)23(27)14-22(24)25-20-7-6-19(13-17(20)8-11-29-25)36(33,34)32-26-30-9-3-10-31-26/h2-15H,1H3,(H,30,31,32). The van der Waals surface area contributed by atoms with Gasteiger partial charge >= 0.3 is 0 Å². The van der Waals surface area contributed by atoms with Gasteiger partial charge in [0.05, 0.1) is 17.7 Å². The highest BCUT2D eigenvalue weighted by atomic mass is 35.5. The molecule has 0 aliphatic rings. The number of anilines is 1. The van der Waals surface area contributed by atoms with E-state index in [9.17, 15) is 12.8 Å². The molecule has 180 valence electrons. The molecule has 0 aliphatic carbocycles. The van der Waals surface area contributed by atoms with E-state index in [1.165, 1.54) is 37.7 Å². The largest absolute Gasteiger partial charge is 0.496 e. The topological polar surface area (TPSA) is 94.1 Å². The van der Waals surface area contributed by atoms with Gasteiger partial charge in [0.25, 0.3) is 10.0 Å². The lowest BCUT2D eigenvalue weighted by Crippen LogP contribution is -2.14. The molecule has 0 amide bonds. The van der Waals surface area contributed by atoms with Crippen LogP contribution in [-0.4, -0.2) is 30.5 Å². The van der Waals surface area contributed by atoms with Crippen LogP contribution < -0.4 is 9.46 Å². The molecule has 2 heterocycles. The molecule has 0 spiro atoms. The lowest BCUT2D eigenvalue weighted by Gasteiger charge is -2.15. The summed E-state index contributed by atoms with van der Waals surface area (Å²) in [6.45, 7) is 0. The second-order valence-electron chi connectivity index (χ2n) is 7.76. The van der Waals surface area contributed by atoms with E-state index >= 15 is 0 Å². The Morgan fingerprint density at radius 3 is 2.44 bits per heavy atom. The first-order valence-electron chi connectivity index (χ1n) is 10.7. The van der Waals surface area contributed by atoms with Gasteiger partial charge in [0.1, 0.15) is 11.6 Å². The minimum atomic E-state index is -3.91. The van der Waals surface area contributed by atoms with E-state index in [1.807, 2.05) is 0 Å². The van der Waals surface area contributed by atoms with Crippen LogP contribution in [-0.2, 0) is 10.0 Å². The molecule has 36 heavy (non-hydrogen) atoms. The number of nitrogens with zero attached hydrogens (tertiary/aromatic N) is 3. The van der Waals surface area contributed by atoms with Crippen molar-refractivity contribution >= 4 is 38.3 Å². The zero-order valence-electron chi connectivity index (χ0n) is 18.8. The SMILES string of the molecule is COc1cc(-c2cccc(F)c2)c(Cl)cc1-c1nccc2cc(S(=O)(=O)Nc3ncccn3)ccc12. The van der Waals surface area contributed by atoms with Crippen molar-refractivity contribution in [1.29, 1.82) is 0 Å². The molecule has 3 aromatic carbocycles. The predicted octanol–water partition coefficient (Wildman–Crippen LogP) is 5.96. The van der Waals surface area contributed by atoms with Crippen molar-refractivity contribution in [1.82, 2.24) is 15.0 Å². The molecule has 0 bridgehead atoms. The summed E-state index contributed by atoms with van der Waals surface area (Å²) in [7, 11) is -2.39. The van der Waals surface area contributed by atoms with Crippen molar-refractivity contribution in [2.75, 3.05) is 11.8 Å². The maximum Gasteiger partial charge on any atom is 0.264 e. The van der Waals surface area contributed by atoms with Crippen LogP contribution >= 0.6 is 11.6 Å². The Balaban J connectivity index is 1.59. The summed E-state index contributed by atoms with van der Waals surface area (Å²) in [4.78, 5) is 12.4. The second-order valence-corrected chi connectivity index (χ2v) is 9.85.